The lowest BCUT2D eigenvalue weighted by atomic mass is 10.1. The van der Waals surface area contributed by atoms with Gasteiger partial charge in [-0.3, -0.25) is 10.2 Å². The second-order valence-corrected chi connectivity index (χ2v) is 6.64. The summed E-state index contributed by atoms with van der Waals surface area (Å²) in [5.41, 5.74) is 6.79. The Morgan fingerprint density at radius 3 is 2.62 bits per heavy atom. The van der Waals surface area contributed by atoms with Gasteiger partial charge in [0.25, 0.3) is 5.91 Å². The Balaban J connectivity index is 1.70. The number of hydrogen-bond acceptors (Lipinski definition) is 3. The molecule has 1 aliphatic rings. The van der Waals surface area contributed by atoms with E-state index in [2.05, 4.69) is 5.43 Å². The van der Waals surface area contributed by atoms with E-state index in [9.17, 15) is 4.79 Å². The first-order chi connectivity index (χ1) is 12.6. The predicted molar refractivity (Wildman–Crippen MR) is 101 cm³/mol. The van der Waals surface area contributed by atoms with Gasteiger partial charge in [-0.05, 0) is 48.9 Å². The average Bonchev–Trinajstić information content (AvgIpc) is 3.31. The molecule has 26 heavy (non-hydrogen) atoms. The van der Waals surface area contributed by atoms with Crippen LogP contribution < -0.4 is 5.43 Å². The zero-order valence-corrected chi connectivity index (χ0v) is 14.9. The fraction of sp³-hybridized carbons (Fsp3) is 0.0952. The Hall–Kier alpha value is -2.98. The molecule has 1 N–H and O–H groups in total. The van der Waals surface area contributed by atoms with Gasteiger partial charge in [-0.1, -0.05) is 47.5 Å². The number of carbonyl (C=O) groups is 1. The zero-order chi connectivity index (χ0) is 18.1. The Kier molecular flexibility index (Phi) is 4.27. The summed E-state index contributed by atoms with van der Waals surface area (Å²) in [5.74, 6) is 0.516. The highest BCUT2D eigenvalue weighted by Gasteiger charge is 2.33. The number of hydrogen-bond donors (Lipinski definition) is 1. The maximum absolute atomic E-state index is 13.1. The van der Waals surface area contributed by atoms with Gasteiger partial charge in [0.15, 0.2) is 0 Å². The molecule has 130 valence electrons. The Bertz CT molecular complexity index is 962. The van der Waals surface area contributed by atoms with Crippen molar-refractivity contribution in [1.82, 2.24) is 10.4 Å². The molecular formula is C21H17ClN2O2. The largest absolute Gasteiger partial charge is 0.467 e. The van der Waals surface area contributed by atoms with Crippen LogP contribution >= 0.6 is 11.6 Å². The topological polar surface area (TPSA) is 45.5 Å². The van der Waals surface area contributed by atoms with Crippen molar-refractivity contribution in [2.75, 3.05) is 0 Å². The van der Waals surface area contributed by atoms with Crippen LogP contribution in [0.15, 0.2) is 77.4 Å². The van der Waals surface area contributed by atoms with Gasteiger partial charge in [0.05, 0.1) is 12.0 Å². The van der Waals surface area contributed by atoms with Gasteiger partial charge in [0, 0.05) is 10.6 Å². The fourth-order valence-corrected chi connectivity index (χ4v) is 3.16. The van der Waals surface area contributed by atoms with Crippen molar-refractivity contribution < 1.29 is 9.21 Å². The molecule has 0 radical (unpaired) electrons. The maximum Gasteiger partial charge on any atom is 0.273 e. The van der Waals surface area contributed by atoms with Gasteiger partial charge in [0.2, 0.25) is 0 Å². The number of hydrazine groups is 1. The molecule has 0 saturated carbocycles. The number of benzene rings is 2. The minimum atomic E-state index is -0.340. The Morgan fingerprint density at radius 1 is 1.12 bits per heavy atom. The van der Waals surface area contributed by atoms with Crippen LogP contribution in [0.2, 0.25) is 5.02 Å². The lowest BCUT2D eigenvalue weighted by Gasteiger charge is -2.24. The minimum absolute atomic E-state index is 0.174. The van der Waals surface area contributed by atoms with Gasteiger partial charge >= 0.3 is 0 Å². The van der Waals surface area contributed by atoms with Crippen LogP contribution in [0.1, 0.15) is 33.3 Å². The van der Waals surface area contributed by atoms with Crippen molar-refractivity contribution in [3.63, 3.8) is 0 Å². The van der Waals surface area contributed by atoms with Crippen molar-refractivity contribution in [1.29, 1.82) is 0 Å². The van der Waals surface area contributed by atoms with Crippen LogP contribution in [0, 0.1) is 6.92 Å². The van der Waals surface area contributed by atoms with Crippen LogP contribution in [0.25, 0.3) is 5.70 Å². The molecule has 4 rings (SSSR count). The highest BCUT2D eigenvalue weighted by atomic mass is 35.5. The average molecular weight is 365 g/mol. The lowest BCUT2D eigenvalue weighted by Crippen LogP contribution is -2.39. The third-order valence-electron chi connectivity index (χ3n) is 4.33. The number of furan rings is 1. The summed E-state index contributed by atoms with van der Waals surface area (Å²) in [5, 5.41) is 2.09. The van der Waals surface area contributed by atoms with Gasteiger partial charge in [-0.2, -0.15) is 0 Å². The summed E-state index contributed by atoms with van der Waals surface area (Å²) in [6.45, 7) is 2.04. The van der Waals surface area contributed by atoms with Crippen LogP contribution in [0.5, 0.6) is 0 Å². The molecule has 0 saturated heterocycles. The SMILES string of the molecule is Cc1ccc(C2=C[C@@H](c3ccco3)N(C(=O)c3cccc(Cl)c3)N2)cc1. The second kappa shape index (κ2) is 6.73. The summed E-state index contributed by atoms with van der Waals surface area (Å²) in [6.07, 6.45) is 3.60. The van der Waals surface area contributed by atoms with Gasteiger partial charge in [0.1, 0.15) is 11.8 Å². The summed E-state index contributed by atoms with van der Waals surface area (Å²) in [4.78, 5) is 13.1. The fourth-order valence-electron chi connectivity index (χ4n) is 2.97. The van der Waals surface area contributed by atoms with Crippen molar-refractivity contribution in [3.05, 3.63) is 100 Å². The van der Waals surface area contributed by atoms with Gasteiger partial charge < -0.3 is 4.42 Å². The maximum atomic E-state index is 13.1. The standard InChI is InChI=1S/C21H17ClN2O2/c1-14-7-9-15(10-8-14)18-13-19(20-6-3-11-26-20)24(23-18)21(25)16-4-2-5-17(22)12-16/h2-13,19,23H,1H3/t19-/m0/s1. The van der Waals surface area contributed by atoms with E-state index in [4.69, 9.17) is 16.0 Å². The van der Waals surface area contributed by atoms with Crippen LogP contribution in [0.4, 0.5) is 0 Å². The molecule has 4 nitrogen and oxygen atoms in total. The van der Waals surface area contributed by atoms with Crippen molar-refractivity contribution in [2.45, 2.75) is 13.0 Å². The molecule has 0 aliphatic carbocycles. The van der Waals surface area contributed by atoms with E-state index < -0.39 is 0 Å². The first-order valence-corrected chi connectivity index (χ1v) is 8.68. The lowest BCUT2D eigenvalue weighted by molar-refractivity contribution is 0.0655. The number of nitrogens with one attached hydrogen (secondary N) is 1. The monoisotopic (exact) mass is 364 g/mol. The minimum Gasteiger partial charge on any atom is -0.467 e. The third kappa shape index (κ3) is 3.11. The van der Waals surface area contributed by atoms with E-state index in [0.29, 0.717) is 16.3 Å². The summed E-state index contributed by atoms with van der Waals surface area (Å²) >= 11 is 6.05. The molecular weight excluding hydrogens is 348 g/mol. The van der Waals surface area contributed by atoms with Crippen LogP contribution in [0.3, 0.4) is 0 Å². The Labute approximate surface area is 156 Å². The normalized spacial score (nSPS) is 16.3. The molecule has 1 aliphatic heterocycles. The Morgan fingerprint density at radius 2 is 1.92 bits per heavy atom. The van der Waals surface area contributed by atoms with Crippen molar-refractivity contribution in [2.24, 2.45) is 0 Å². The van der Waals surface area contributed by atoms with Crippen LogP contribution in [-0.2, 0) is 0 Å². The van der Waals surface area contributed by atoms with Crippen LogP contribution in [-0.4, -0.2) is 10.9 Å². The number of carbonyl (C=O) groups excluding carboxylic acids is 1. The van der Waals surface area contributed by atoms with E-state index >= 15 is 0 Å². The number of aryl methyl sites for hydroxylation is 1. The molecule has 3 aromatic rings. The third-order valence-corrected chi connectivity index (χ3v) is 4.57. The smallest absolute Gasteiger partial charge is 0.273 e. The van der Waals surface area contributed by atoms with E-state index in [0.717, 1.165) is 11.3 Å². The number of halogens is 1. The van der Waals surface area contributed by atoms with Crippen molar-refractivity contribution >= 4 is 23.2 Å². The summed E-state index contributed by atoms with van der Waals surface area (Å²) in [6, 6.07) is 18.4. The molecule has 0 fully saturated rings. The summed E-state index contributed by atoms with van der Waals surface area (Å²) in [7, 11) is 0. The molecule has 0 unspecified atom stereocenters. The first kappa shape index (κ1) is 16.5. The number of nitrogens with zero attached hydrogens (tertiary/aromatic N) is 1. The van der Waals surface area contributed by atoms with Crippen molar-refractivity contribution in [3.8, 4) is 0 Å². The van der Waals surface area contributed by atoms with E-state index in [1.165, 1.54) is 5.56 Å². The second-order valence-electron chi connectivity index (χ2n) is 6.20. The van der Waals surface area contributed by atoms with E-state index in [-0.39, 0.29) is 11.9 Å². The van der Waals surface area contributed by atoms with Gasteiger partial charge in [-0.15, -0.1) is 0 Å². The van der Waals surface area contributed by atoms with Gasteiger partial charge in [-0.25, -0.2) is 5.01 Å². The molecule has 1 aromatic heterocycles. The number of amides is 1. The molecule has 1 amide bonds. The molecule has 5 heteroatoms. The highest BCUT2D eigenvalue weighted by Crippen LogP contribution is 2.32. The van der Waals surface area contributed by atoms with E-state index in [1.54, 1.807) is 35.5 Å². The predicted octanol–water partition coefficient (Wildman–Crippen LogP) is 4.98. The number of rotatable bonds is 3. The molecule has 1 atom stereocenters. The highest BCUT2D eigenvalue weighted by molar-refractivity contribution is 6.30. The first-order valence-electron chi connectivity index (χ1n) is 8.30. The molecule has 2 aromatic carbocycles. The zero-order valence-electron chi connectivity index (χ0n) is 14.1. The quantitative estimate of drug-likeness (QED) is 0.712. The van der Waals surface area contributed by atoms with E-state index in [1.807, 2.05) is 49.4 Å². The molecule has 2 heterocycles. The summed E-state index contributed by atoms with van der Waals surface area (Å²) < 4.78 is 5.56. The molecule has 0 spiro atoms. The molecule has 0 bridgehead atoms.